The average Bonchev–Trinajstić information content (AvgIpc) is 3.16. The summed E-state index contributed by atoms with van der Waals surface area (Å²) in [7, 11) is 3.58. The molecule has 0 aliphatic carbocycles. The molecule has 1 aliphatic heterocycles. The molecule has 3 rings (SSSR count). The fourth-order valence-electron chi connectivity index (χ4n) is 3.50. The Morgan fingerprint density at radius 2 is 1.88 bits per heavy atom. The predicted molar refractivity (Wildman–Crippen MR) is 119 cm³/mol. The Hall–Kier alpha value is -1.76. The highest BCUT2D eigenvalue weighted by Gasteiger charge is 2.25. The first kappa shape index (κ1) is 20.6. The molecule has 0 radical (unpaired) electrons. The molecule has 0 bridgehead atoms. The summed E-state index contributed by atoms with van der Waals surface area (Å²) in [4.78, 5) is 6.83. The Labute approximate surface area is 173 Å². The summed E-state index contributed by atoms with van der Waals surface area (Å²) in [5, 5.41) is 3.50. The van der Waals surface area contributed by atoms with Gasteiger partial charge < -0.3 is 15.0 Å². The van der Waals surface area contributed by atoms with Gasteiger partial charge in [0.05, 0.1) is 7.11 Å². The SMILES string of the molecule is CN=C(NCCc1ccccc1OC)N1CCC(c2ccccc2)C1.I. The van der Waals surface area contributed by atoms with Crippen molar-refractivity contribution in [1.29, 1.82) is 0 Å². The number of guanidine groups is 1. The van der Waals surface area contributed by atoms with Gasteiger partial charge in [0.1, 0.15) is 5.75 Å². The minimum Gasteiger partial charge on any atom is -0.496 e. The molecule has 4 nitrogen and oxygen atoms in total. The van der Waals surface area contributed by atoms with E-state index in [1.165, 1.54) is 17.5 Å². The van der Waals surface area contributed by atoms with Gasteiger partial charge >= 0.3 is 0 Å². The van der Waals surface area contributed by atoms with E-state index in [0.29, 0.717) is 5.92 Å². The molecular formula is C21H28IN3O. The fraction of sp³-hybridized carbons (Fsp3) is 0.381. The van der Waals surface area contributed by atoms with Gasteiger partial charge in [0, 0.05) is 32.6 Å². The van der Waals surface area contributed by atoms with E-state index in [-0.39, 0.29) is 24.0 Å². The topological polar surface area (TPSA) is 36.9 Å². The van der Waals surface area contributed by atoms with Gasteiger partial charge in [-0.2, -0.15) is 0 Å². The van der Waals surface area contributed by atoms with Gasteiger partial charge in [-0.15, -0.1) is 24.0 Å². The molecular weight excluding hydrogens is 437 g/mol. The number of likely N-dealkylation sites (tertiary alicyclic amines) is 1. The van der Waals surface area contributed by atoms with Crippen LogP contribution < -0.4 is 10.1 Å². The number of methoxy groups -OCH3 is 1. The van der Waals surface area contributed by atoms with E-state index in [4.69, 9.17) is 4.74 Å². The van der Waals surface area contributed by atoms with Gasteiger partial charge in [0.2, 0.25) is 0 Å². The van der Waals surface area contributed by atoms with Crippen molar-refractivity contribution in [3.63, 3.8) is 0 Å². The van der Waals surface area contributed by atoms with E-state index >= 15 is 0 Å². The van der Waals surface area contributed by atoms with E-state index in [0.717, 1.165) is 37.8 Å². The van der Waals surface area contributed by atoms with Crippen molar-refractivity contribution >= 4 is 29.9 Å². The smallest absolute Gasteiger partial charge is 0.193 e. The second-order valence-electron chi connectivity index (χ2n) is 6.38. The number of benzene rings is 2. The first-order chi connectivity index (χ1) is 12.3. The van der Waals surface area contributed by atoms with E-state index in [9.17, 15) is 0 Å². The van der Waals surface area contributed by atoms with Gasteiger partial charge in [-0.25, -0.2) is 0 Å². The monoisotopic (exact) mass is 465 g/mol. The molecule has 1 atom stereocenters. The average molecular weight is 465 g/mol. The third-order valence-electron chi connectivity index (χ3n) is 4.84. The lowest BCUT2D eigenvalue weighted by molar-refractivity contribution is 0.409. The van der Waals surface area contributed by atoms with Crippen molar-refractivity contribution in [2.75, 3.05) is 33.8 Å². The van der Waals surface area contributed by atoms with Crippen LogP contribution in [0.3, 0.4) is 0 Å². The van der Waals surface area contributed by atoms with Crippen LogP contribution >= 0.6 is 24.0 Å². The van der Waals surface area contributed by atoms with Crippen LogP contribution in [-0.2, 0) is 6.42 Å². The normalized spacial score (nSPS) is 16.9. The Balaban J connectivity index is 0.00000243. The van der Waals surface area contributed by atoms with Crippen LogP contribution in [0.4, 0.5) is 0 Å². The lowest BCUT2D eigenvalue weighted by Gasteiger charge is -2.22. The molecule has 1 aliphatic rings. The summed E-state index contributed by atoms with van der Waals surface area (Å²) >= 11 is 0. The van der Waals surface area contributed by atoms with Crippen LogP contribution in [0.5, 0.6) is 5.75 Å². The van der Waals surface area contributed by atoms with Crippen molar-refractivity contribution < 1.29 is 4.74 Å². The zero-order valence-corrected chi connectivity index (χ0v) is 17.9. The van der Waals surface area contributed by atoms with E-state index in [1.54, 1.807) is 7.11 Å². The molecule has 0 amide bonds. The number of hydrogen-bond donors (Lipinski definition) is 1. The Kier molecular flexibility index (Phi) is 8.22. The maximum absolute atomic E-state index is 5.42. The molecule has 5 heteroatoms. The molecule has 2 aromatic rings. The predicted octanol–water partition coefficient (Wildman–Crippen LogP) is 3.92. The lowest BCUT2D eigenvalue weighted by atomic mass is 9.99. The zero-order chi connectivity index (χ0) is 17.5. The highest BCUT2D eigenvalue weighted by atomic mass is 127. The molecule has 1 N–H and O–H groups in total. The highest BCUT2D eigenvalue weighted by molar-refractivity contribution is 14.0. The standard InChI is InChI=1S/C21H27N3O.HI/c1-22-21(23-14-12-18-10-6-7-11-20(18)25-2)24-15-13-19(16-24)17-8-4-3-5-9-17;/h3-11,19H,12-16H2,1-2H3,(H,22,23);1H. The van der Waals surface area contributed by atoms with Crippen LogP contribution in [0.1, 0.15) is 23.5 Å². The number of rotatable bonds is 5. The number of halogens is 1. The Morgan fingerprint density at radius 3 is 2.62 bits per heavy atom. The minimum atomic E-state index is 0. The van der Waals surface area contributed by atoms with Crippen LogP contribution in [0.25, 0.3) is 0 Å². The van der Waals surface area contributed by atoms with E-state index < -0.39 is 0 Å². The maximum Gasteiger partial charge on any atom is 0.193 e. The number of nitrogens with one attached hydrogen (secondary N) is 1. The minimum absolute atomic E-state index is 0. The highest BCUT2D eigenvalue weighted by Crippen LogP contribution is 2.26. The van der Waals surface area contributed by atoms with Crippen molar-refractivity contribution in [3.05, 3.63) is 65.7 Å². The molecule has 0 aromatic heterocycles. The van der Waals surface area contributed by atoms with Gasteiger partial charge in [0.25, 0.3) is 0 Å². The number of para-hydroxylation sites is 1. The first-order valence-electron chi connectivity index (χ1n) is 8.94. The quantitative estimate of drug-likeness (QED) is 0.413. The molecule has 26 heavy (non-hydrogen) atoms. The van der Waals surface area contributed by atoms with E-state index in [2.05, 4.69) is 57.7 Å². The summed E-state index contributed by atoms with van der Waals surface area (Å²) in [6, 6.07) is 19.0. The summed E-state index contributed by atoms with van der Waals surface area (Å²) in [5.41, 5.74) is 2.64. The zero-order valence-electron chi connectivity index (χ0n) is 15.5. The molecule has 1 heterocycles. The van der Waals surface area contributed by atoms with Crippen molar-refractivity contribution in [1.82, 2.24) is 10.2 Å². The molecule has 1 fully saturated rings. The molecule has 2 aromatic carbocycles. The molecule has 140 valence electrons. The third-order valence-corrected chi connectivity index (χ3v) is 4.84. The Bertz CT molecular complexity index is 705. The third kappa shape index (κ3) is 5.13. The number of nitrogens with zero attached hydrogens (tertiary/aromatic N) is 2. The van der Waals surface area contributed by atoms with Crippen molar-refractivity contribution in [2.45, 2.75) is 18.8 Å². The number of hydrogen-bond acceptors (Lipinski definition) is 2. The summed E-state index contributed by atoms with van der Waals surface area (Å²) in [6.07, 6.45) is 2.09. The van der Waals surface area contributed by atoms with Gasteiger partial charge in [-0.1, -0.05) is 48.5 Å². The molecule has 0 spiro atoms. The summed E-state index contributed by atoms with van der Waals surface area (Å²) in [6.45, 7) is 2.92. The largest absolute Gasteiger partial charge is 0.496 e. The van der Waals surface area contributed by atoms with Crippen LogP contribution in [-0.4, -0.2) is 44.7 Å². The number of ether oxygens (including phenoxy) is 1. The van der Waals surface area contributed by atoms with Crippen molar-refractivity contribution in [2.24, 2.45) is 4.99 Å². The van der Waals surface area contributed by atoms with Crippen LogP contribution in [0.2, 0.25) is 0 Å². The maximum atomic E-state index is 5.42. The fourth-order valence-corrected chi connectivity index (χ4v) is 3.50. The molecule has 1 unspecified atom stereocenters. The molecule has 1 saturated heterocycles. The number of aliphatic imine (C=N–C) groups is 1. The molecule has 0 saturated carbocycles. The summed E-state index contributed by atoms with van der Waals surface area (Å²) < 4.78 is 5.42. The van der Waals surface area contributed by atoms with Gasteiger partial charge in [0.15, 0.2) is 5.96 Å². The van der Waals surface area contributed by atoms with Crippen molar-refractivity contribution in [3.8, 4) is 5.75 Å². The van der Waals surface area contributed by atoms with Crippen LogP contribution in [0.15, 0.2) is 59.6 Å². The lowest BCUT2D eigenvalue weighted by Crippen LogP contribution is -2.40. The first-order valence-corrected chi connectivity index (χ1v) is 8.94. The van der Waals surface area contributed by atoms with Gasteiger partial charge in [-0.3, -0.25) is 4.99 Å². The van der Waals surface area contributed by atoms with Crippen LogP contribution in [0, 0.1) is 0 Å². The summed E-state index contributed by atoms with van der Waals surface area (Å²) in [5.74, 6) is 2.53. The Morgan fingerprint density at radius 1 is 1.15 bits per heavy atom. The second kappa shape index (κ2) is 10.4. The van der Waals surface area contributed by atoms with Gasteiger partial charge in [-0.05, 0) is 30.0 Å². The second-order valence-corrected chi connectivity index (χ2v) is 6.38. The van der Waals surface area contributed by atoms with E-state index in [1.807, 2.05) is 19.2 Å².